The van der Waals surface area contributed by atoms with Crippen molar-refractivity contribution in [2.75, 3.05) is 0 Å². The van der Waals surface area contributed by atoms with Crippen molar-refractivity contribution in [3.63, 3.8) is 0 Å². The van der Waals surface area contributed by atoms with E-state index in [2.05, 4.69) is 5.10 Å². The number of aromatic nitrogens is 2. The Bertz CT molecular complexity index is 696. The summed E-state index contributed by atoms with van der Waals surface area (Å²) < 4.78 is 7.20. The second-order valence-corrected chi connectivity index (χ2v) is 5.36. The molecular weight excluding hydrogens is 252 g/mol. The van der Waals surface area contributed by atoms with Gasteiger partial charge in [-0.1, -0.05) is 18.2 Å². The highest BCUT2D eigenvalue weighted by molar-refractivity contribution is 6.19. The molecule has 1 aromatic heterocycles. The fourth-order valence-corrected chi connectivity index (χ4v) is 2.38. The Kier molecular flexibility index (Phi) is 2.74. The monoisotopic (exact) mass is 268 g/mol. The van der Waals surface area contributed by atoms with Crippen LogP contribution in [0.5, 0.6) is 0 Å². The lowest BCUT2D eigenvalue weighted by Crippen LogP contribution is -2.21. The van der Waals surface area contributed by atoms with E-state index in [0.29, 0.717) is 5.57 Å². The third-order valence-electron chi connectivity index (χ3n) is 3.73. The van der Waals surface area contributed by atoms with Crippen LogP contribution in [0, 0.1) is 0 Å². The van der Waals surface area contributed by atoms with Gasteiger partial charge in [0, 0.05) is 0 Å². The number of cyclic esters (lactones) is 1. The number of hydrogen-bond donors (Lipinski definition) is 0. The van der Waals surface area contributed by atoms with Crippen molar-refractivity contribution in [3.05, 3.63) is 53.9 Å². The molecule has 3 rings (SSSR count). The molecule has 0 spiro atoms. The first-order chi connectivity index (χ1) is 9.50. The van der Waals surface area contributed by atoms with E-state index in [0.717, 1.165) is 17.0 Å². The van der Waals surface area contributed by atoms with Gasteiger partial charge in [-0.05, 0) is 44.5 Å². The van der Waals surface area contributed by atoms with Gasteiger partial charge in [0.15, 0.2) is 0 Å². The molecule has 0 aliphatic carbocycles. The predicted molar refractivity (Wildman–Crippen MR) is 76.3 cm³/mol. The quantitative estimate of drug-likeness (QED) is 0.786. The summed E-state index contributed by atoms with van der Waals surface area (Å²) in [5.41, 5.74) is 2.67. The molecule has 1 aromatic carbocycles. The van der Waals surface area contributed by atoms with Gasteiger partial charge in [-0.15, -0.1) is 0 Å². The van der Waals surface area contributed by atoms with Crippen molar-refractivity contribution in [2.45, 2.75) is 26.4 Å². The lowest BCUT2D eigenvalue weighted by Gasteiger charge is -2.18. The third kappa shape index (κ3) is 1.84. The molecule has 0 fully saturated rings. The molecule has 4 nitrogen and oxygen atoms in total. The van der Waals surface area contributed by atoms with Gasteiger partial charge in [-0.2, -0.15) is 5.10 Å². The molecule has 0 unspecified atom stereocenters. The Labute approximate surface area is 117 Å². The number of para-hydroxylation sites is 1. The Morgan fingerprint density at radius 1 is 1.15 bits per heavy atom. The molecule has 0 saturated carbocycles. The van der Waals surface area contributed by atoms with Crippen molar-refractivity contribution in [3.8, 4) is 5.69 Å². The van der Waals surface area contributed by atoms with Gasteiger partial charge in [-0.25, -0.2) is 9.48 Å². The maximum Gasteiger partial charge on any atom is 0.341 e. The van der Waals surface area contributed by atoms with E-state index in [4.69, 9.17) is 4.74 Å². The van der Waals surface area contributed by atoms with Crippen LogP contribution in [0.25, 0.3) is 11.3 Å². The highest BCUT2D eigenvalue weighted by Gasteiger charge is 2.39. The summed E-state index contributed by atoms with van der Waals surface area (Å²) in [7, 11) is 0. The van der Waals surface area contributed by atoms with Gasteiger partial charge >= 0.3 is 5.97 Å². The van der Waals surface area contributed by atoms with Gasteiger partial charge < -0.3 is 4.74 Å². The Balaban J connectivity index is 2.16. The molecule has 20 heavy (non-hydrogen) atoms. The van der Waals surface area contributed by atoms with Crippen LogP contribution in [0.4, 0.5) is 0 Å². The minimum atomic E-state index is -0.557. The zero-order valence-electron chi connectivity index (χ0n) is 11.8. The zero-order chi connectivity index (χ0) is 14.3. The molecule has 0 bridgehead atoms. The van der Waals surface area contributed by atoms with Crippen LogP contribution < -0.4 is 0 Å². The van der Waals surface area contributed by atoms with Gasteiger partial charge in [0.2, 0.25) is 0 Å². The topological polar surface area (TPSA) is 44.1 Å². The maximum atomic E-state index is 12.2. The molecule has 102 valence electrons. The molecule has 1 aliphatic rings. The van der Waals surface area contributed by atoms with Gasteiger partial charge in [-0.3, -0.25) is 0 Å². The molecule has 4 heteroatoms. The summed E-state index contributed by atoms with van der Waals surface area (Å²) in [5.74, 6) is -0.287. The summed E-state index contributed by atoms with van der Waals surface area (Å²) in [6, 6.07) is 11.6. The normalized spacial score (nSPS) is 17.4. The van der Waals surface area contributed by atoms with E-state index >= 15 is 0 Å². The summed E-state index contributed by atoms with van der Waals surface area (Å²) in [6.07, 6.45) is 1.70. The summed E-state index contributed by atoms with van der Waals surface area (Å²) in [6.45, 7) is 5.73. The smallest absolute Gasteiger partial charge is 0.341 e. The van der Waals surface area contributed by atoms with E-state index < -0.39 is 5.60 Å². The van der Waals surface area contributed by atoms with Crippen molar-refractivity contribution < 1.29 is 9.53 Å². The first-order valence-electron chi connectivity index (χ1n) is 6.55. The van der Waals surface area contributed by atoms with Crippen LogP contribution in [0.1, 0.15) is 26.5 Å². The summed E-state index contributed by atoms with van der Waals surface area (Å²) >= 11 is 0. The van der Waals surface area contributed by atoms with Crippen molar-refractivity contribution in [1.82, 2.24) is 9.78 Å². The number of ether oxygens (including phenoxy) is 1. The van der Waals surface area contributed by atoms with Crippen LogP contribution >= 0.6 is 0 Å². The molecule has 0 atom stereocenters. The number of esters is 1. The number of nitrogens with zero attached hydrogens (tertiary/aromatic N) is 2. The Morgan fingerprint density at radius 2 is 1.85 bits per heavy atom. The molecule has 2 aromatic rings. The third-order valence-corrected chi connectivity index (χ3v) is 3.73. The summed E-state index contributed by atoms with van der Waals surface area (Å²) in [5, 5.41) is 4.32. The van der Waals surface area contributed by atoms with Crippen LogP contribution in [0.2, 0.25) is 0 Å². The van der Waals surface area contributed by atoms with Gasteiger partial charge in [0.1, 0.15) is 5.60 Å². The van der Waals surface area contributed by atoms with Gasteiger partial charge in [0.05, 0.1) is 23.2 Å². The predicted octanol–water partition coefficient (Wildman–Crippen LogP) is 2.98. The van der Waals surface area contributed by atoms with E-state index in [9.17, 15) is 4.79 Å². The standard InChI is InChI=1S/C16H16N2O2/c1-11-14(15(19)20-16(11,2)3)13-9-10-17-18(13)12-7-5-4-6-8-12/h4-10H,1-3H3. The second kappa shape index (κ2) is 4.34. The molecule has 0 N–H and O–H groups in total. The minimum absolute atomic E-state index is 0.287. The van der Waals surface area contributed by atoms with E-state index in [-0.39, 0.29) is 5.97 Å². The van der Waals surface area contributed by atoms with E-state index in [1.807, 2.05) is 57.2 Å². The van der Waals surface area contributed by atoms with Crippen molar-refractivity contribution >= 4 is 11.5 Å². The average Bonchev–Trinajstić information content (AvgIpc) is 2.95. The lowest BCUT2D eigenvalue weighted by atomic mass is 9.96. The first kappa shape index (κ1) is 12.7. The SMILES string of the molecule is CC1=C(c2ccnn2-c2ccccc2)C(=O)OC1(C)C. The molecular formula is C16H16N2O2. The molecule has 0 radical (unpaired) electrons. The number of carbonyl (C=O) groups is 1. The molecule has 0 amide bonds. The van der Waals surface area contributed by atoms with Crippen molar-refractivity contribution in [2.24, 2.45) is 0 Å². The number of rotatable bonds is 2. The Morgan fingerprint density at radius 3 is 2.45 bits per heavy atom. The number of benzene rings is 1. The highest BCUT2D eigenvalue weighted by atomic mass is 16.6. The van der Waals surface area contributed by atoms with Crippen LogP contribution in [0.15, 0.2) is 48.2 Å². The van der Waals surface area contributed by atoms with Gasteiger partial charge in [0.25, 0.3) is 0 Å². The second-order valence-electron chi connectivity index (χ2n) is 5.36. The average molecular weight is 268 g/mol. The maximum absolute atomic E-state index is 12.2. The Hall–Kier alpha value is -2.36. The molecule has 0 saturated heterocycles. The van der Waals surface area contributed by atoms with Crippen molar-refractivity contribution in [1.29, 1.82) is 0 Å². The zero-order valence-corrected chi connectivity index (χ0v) is 11.8. The fraction of sp³-hybridized carbons (Fsp3) is 0.250. The number of carbonyl (C=O) groups excluding carboxylic acids is 1. The fourth-order valence-electron chi connectivity index (χ4n) is 2.38. The highest BCUT2D eigenvalue weighted by Crippen LogP contribution is 2.37. The van der Waals surface area contributed by atoms with Crippen LogP contribution in [0.3, 0.4) is 0 Å². The summed E-state index contributed by atoms with van der Waals surface area (Å²) in [4.78, 5) is 12.2. The van der Waals surface area contributed by atoms with Crippen LogP contribution in [-0.2, 0) is 9.53 Å². The molecule has 2 heterocycles. The van der Waals surface area contributed by atoms with E-state index in [1.165, 1.54) is 0 Å². The first-order valence-corrected chi connectivity index (χ1v) is 6.55. The van der Waals surface area contributed by atoms with Crippen LogP contribution in [-0.4, -0.2) is 21.4 Å². The minimum Gasteiger partial charge on any atom is -0.451 e. The largest absolute Gasteiger partial charge is 0.451 e. The van der Waals surface area contributed by atoms with E-state index in [1.54, 1.807) is 10.9 Å². The lowest BCUT2D eigenvalue weighted by molar-refractivity contribution is -0.142. The number of hydrogen-bond acceptors (Lipinski definition) is 3. The molecule has 1 aliphatic heterocycles.